The molecule has 0 heterocycles. The van der Waals surface area contributed by atoms with Crippen LogP contribution < -0.4 is 5.32 Å². The molecule has 0 fully saturated rings. The maximum Gasteiger partial charge on any atom is 0.147 e. The van der Waals surface area contributed by atoms with E-state index in [4.69, 9.17) is 0 Å². The fraction of sp³-hybridized carbons (Fsp3) is 0.200. The van der Waals surface area contributed by atoms with Gasteiger partial charge in [-0.25, -0.2) is 8.78 Å². The molecule has 0 bridgehead atoms. The highest BCUT2D eigenvalue weighted by molar-refractivity contribution is 9.10. The first-order valence-corrected chi connectivity index (χ1v) is 6.88. The largest absolute Gasteiger partial charge is 0.383 e. The summed E-state index contributed by atoms with van der Waals surface area (Å²) in [5.41, 5.74) is 1.44. The summed E-state index contributed by atoms with van der Waals surface area (Å²) in [6, 6.07) is 12.4. The number of nitrogens with one attached hydrogen (secondary N) is 1. The van der Waals surface area contributed by atoms with Crippen LogP contribution >= 0.6 is 15.9 Å². The third-order valence-corrected chi connectivity index (χ3v) is 3.42. The van der Waals surface area contributed by atoms with E-state index >= 15 is 0 Å². The van der Waals surface area contributed by atoms with Gasteiger partial charge in [0.25, 0.3) is 0 Å². The van der Waals surface area contributed by atoms with E-state index in [1.54, 1.807) is 0 Å². The second kappa shape index (κ2) is 6.66. The quantitative estimate of drug-likeness (QED) is 0.616. The highest BCUT2D eigenvalue weighted by Crippen LogP contribution is 2.23. The van der Waals surface area contributed by atoms with Crippen molar-refractivity contribution < 1.29 is 8.78 Å². The minimum atomic E-state index is -0.466. The van der Waals surface area contributed by atoms with E-state index in [0.717, 1.165) is 18.9 Å². The number of halogens is 3. The van der Waals surface area contributed by atoms with Gasteiger partial charge in [0.15, 0.2) is 0 Å². The van der Waals surface area contributed by atoms with Gasteiger partial charge in [0.1, 0.15) is 11.6 Å². The Labute approximate surface area is 119 Å². The average Bonchev–Trinajstić information content (AvgIpc) is 2.41. The Balaban J connectivity index is 1.85. The summed E-state index contributed by atoms with van der Waals surface area (Å²) in [7, 11) is 0. The fourth-order valence-corrected chi connectivity index (χ4v) is 2.13. The van der Waals surface area contributed by atoms with Crippen LogP contribution in [-0.2, 0) is 6.42 Å². The molecule has 0 amide bonds. The van der Waals surface area contributed by atoms with Gasteiger partial charge in [0.05, 0.1) is 10.2 Å². The van der Waals surface area contributed by atoms with Crippen LogP contribution in [0.1, 0.15) is 12.0 Å². The second-order valence-electron chi connectivity index (χ2n) is 4.26. The van der Waals surface area contributed by atoms with Crippen molar-refractivity contribution in [3.05, 3.63) is 64.1 Å². The van der Waals surface area contributed by atoms with Crippen LogP contribution in [0.2, 0.25) is 0 Å². The van der Waals surface area contributed by atoms with Gasteiger partial charge in [0.2, 0.25) is 0 Å². The predicted octanol–water partition coefficient (Wildman–Crippen LogP) is 4.77. The van der Waals surface area contributed by atoms with Crippen LogP contribution in [0.4, 0.5) is 14.5 Å². The molecule has 0 spiro atoms. The number of hydrogen-bond donors (Lipinski definition) is 1. The molecular formula is C15H14BrF2N. The minimum Gasteiger partial charge on any atom is -0.383 e. The van der Waals surface area contributed by atoms with Crippen molar-refractivity contribution in [2.45, 2.75) is 12.8 Å². The molecule has 2 aromatic carbocycles. The Morgan fingerprint density at radius 2 is 1.74 bits per heavy atom. The van der Waals surface area contributed by atoms with Crippen LogP contribution in [0.25, 0.3) is 0 Å². The Morgan fingerprint density at radius 3 is 2.47 bits per heavy atom. The summed E-state index contributed by atoms with van der Waals surface area (Å²) in [5.74, 6) is -0.917. The number of anilines is 1. The molecule has 1 N–H and O–H groups in total. The lowest BCUT2D eigenvalue weighted by Gasteiger charge is -2.08. The lowest BCUT2D eigenvalue weighted by molar-refractivity contribution is 0.596. The molecule has 100 valence electrons. The maximum atomic E-state index is 13.5. The van der Waals surface area contributed by atoms with Crippen LogP contribution in [0, 0.1) is 11.6 Å². The van der Waals surface area contributed by atoms with Gasteiger partial charge in [-0.1, -0.05) is 30.3 Å². The molecule has 4 heteroatoms. The molecule has 2 rings (SSSR count). The van der Waals surface area contributed by atoms with Crippen molar-refractivity contribution in [1.82, 2.24) is 0 Å². The van der Waals surface area contributed by atoms with Gasteiger partial charge in [-0.05, 0) is 40.4 Å². The first-order chi connectivity index (χ1) is 9.16. The third-order valence-electron chi connectivity index (χ3n) is 2.81. The van der Waals surface area contributed by atoms with Crippen LogP contribution in [0.5, 0.6) is 0 Å². The van der Waals surface area contributed by atoms with Crippen LogP contribution in [0.15, 0.2) is 46.9 Å². The zero-order valence-electron chi connectivity index (χ0n) is 10.3. The molecule has 0 aliphatic rings. The molecule has 0 saturated carbocycles. The van der Waals surface area contributed by atoms with Crippen molar-refractivity contribution >= 4 is 21.6 Å². The molecule has 0 radical (unpaired) electrons. The molecule has 0 aliphatic heterocycles. The zero-order valence-corrected chi connectivity index (χ0v) is 11.9. The van der Waals surface area contributed by atoms with E-state index in [9.17, 15) is 8.78 Å². The Morgan fingerprint density at radius 1 is 1.00 bits per heavy atom. The lowest BCUT2D eigenvalue weighted by atomic mass is 10.1. The average molecular weight is 326 g/mol. The second-order valence-corrected chi connectivity index (χ2v) is 5.12. The molecule has 1 nitrogen and oxygen atoms in total. The number of hydrogen-bond acceptors (Lipinski definition) is 1. The topological polar surface area (TPSA) is 12.0 Å². The highest BCUT2D eigenvalue weighted by Gasteiger charge is 2.07. The SMILES string of the molecule is Fc1cc(NCCCc2ccccc2)c(F)cc1Br. The van der Waals surface area contributed by atoms with E-state index in [0.29, 0.717) is 6.54 Å². The lowest BCUT2D eigenvalue weighted by Crippen LogP contribution is -2.05. The summed E-state index contributed by atoms with van der Waals surface area (Å²) in [6.07, 6.45) is 1.77. The molecule has 0 aromatic heterocycles. The first kappa shape index (κ1) is 14.0. The first-order valence-electron chi connectivity index (χ1n) is 6.09. The summed E-state index contributed by atoms with van der Waals surface area (Å²) < 4.78 is 26.9. The highest BCUT2D eigenvalue weighted by atomic mass is 79.9. The van der Waals surface area contributed by atoms with Gasteiger partial charge in [0, 0.05) is 12.6 Å². The summed E-state index contributed by atoms with van der Waals surface area (Å²) in [5, 5.41) is 2.92. The maximum absolute atomic E-state index is 13.5. The van der Waals surface area contributed by atoms with Crippen molar-refractivity contribution in [2.75, 3.05) is 11.9 Å². The summed E-state index contributed by atoms with van der Waals surface area (Å²) in [4.78, 5) is 0. The van der Waals surface area contributed by atoms with Crippen molar-refractivity contribution in [3.63, 3.8) is 0 Å². The van der Waals surface area contributed by atoms with Crippen molar-refractivity contribution in [1.29, 1.82) is 0 Å². The van der Waals surface area contributed by atoms with E-state index in [1.165, 1.54) is 11.6 Å². The smallest absolute Gasteiger partial charge is 0.147 e. The Kier molecular flexibility index (Phi) is 4.91. The van der Waals surface area contributed by atoms with Gasteiger partial charge < -0.3 is 5.32 Å². The van der Waals surface area contributed by atoms with Crippen LogP contribution in [0.3, 0.4) is 0 Å². The van der Waals surface area contributed by atoms with E-state index in [2.05, 4.69) is 33.4 Å². The molecule has 0 saturated heterocycles. The van der Waals surface area contributed by atoms with Gasteiger partial charge in [-0.2, -0.15) is 0 Å². The van der Waals surface area contributed by atoms with E-state index in [-0.39, 0.29) is 10.2 Å². The monoisotopic (exact) mass is 325 g/mol. The standard InChI is InChI=1S/C15H14BrF2N/c16-12-9-14(18)15(10-13(12)17)19-8-4-7-11-5-2-1-3-6-11/h1-3,5-6,9-10,19H,4,7-8H2. The molecule has 0 unspecified atom stereocenters. The van der Waals surface area contributed by atoms with Crippen molar-refractivity contribution in [2.24, 2.45) is 0 Å². The van der Waals surface area contributed by atoms with E-state index < -0.39 is 11.6 Å². The molecule has 0 atom stereocenters. The number of aryl methyl sites for hydroxylation is 1. The predicted molar refractivity (Wildman–Crippen MR) is 77.3 cm³/mol. The minimum absolute atomic E-state index is 0.139. The summed E-state index contributed by atoms with van der Waals surface area (Å²) in [6.45, 7) is 0.604. The Bertz CT molecular complexity index is 543. The molecule has 19 heavy (non-hydrogen) atoms. The molecular weight excluding hydrogens is 312 g/mol. The van der Waals surface area contributed by atoms with Crippen LogP contribution in [-0.4, -0.2) is 6.54 Å². The van der Waals surface area contributed by atoms with E-state index in [1.807, 2.05) is 18.2 Å². The summed E-state index contributed by atoms with van der Waals surface area (Å²) >= 11 is 2.95. The number of benzene rings is 2. The van der Waals surface area contributed by atoms with Gasteiger partial charge in [-0.3, -0.25) is 0 Å². The number of rotatable bonds is 5. The Hall–Kier alpha value is -1.42. The van der Waals surface area contributed by atoms with Gasteiger partial charge >= 0.3 is 0 Å². The third kappa shape index (κ3) is 4.03. The molecule has 2 aromatic rings. The fourth-order valence-electron chi connectivity index (χ4n) is 1.82. The normalized spacial score (nSPS) is 10.5. The van der Waals surface area contributed by atoms with Crippen molar-refractivity contribution in [3.8, 4) is 0 Å². The van der Waals surface area contributed by atoms with Gasteiger partial charge in [-0.15, -0.1) is 0 Å². The zero-order chi connectivity index (χ0) is 13.7. The molecule has 0 aliphatic carbocycles.